The van der Waals surface area contributed by atoms with Crippen LogP contribution in [0.1, 0.15) is 0 Å². The summed E-state index contributed by atoms with van der Waals surface area (Å²) in [6, 6.07) is 6.26. The maximum Gasteiger partial charge on any atom is 0.213 e. The smallest absolute Gasteiger partial charge is 0.213 e. The van der Waals surface area contributed by atoms with Gasteiger partial charge in [-0.1, -0.05) is 24.3 Å². The van der Waals surface area contributed by atoms with E-state index in [0.717, 1.165) is 0 Å². The van der Waals surface area contributed by atoms with Crippen molar-refractivity contribution in [3.8, 4) is 0 Å². The maximum absolute atomic E-state index is 11.5. The van der Waals surface area contributed by atoms with Crippen molar-refractivity contribution in [1.82, 2.24) is 0 Å². The van der Waals surface area contributed by atoms with Crippen LogP contribution in [0.25, 0.3) is 10.8 Å². The SMILES string of the molecule is N=c1c(=N)c(=O)c2ccccc2c1=O. The van der Waals surface area contributed by atoms with Gasteiger partial charge in [0.05, 0.1) is 0 Å². The molecule has 0 radical (unpaired) electrons. The van der Waals surface area contributed by atoms with Gasteiger partial charge in [-0.15, -0.1) is 0 Å². The Hall–Kier alpha value is -2.10. The molecule has 2 aromatic carbocycles. The quantitative estimate of drug-likeness (QED) is 0.575. The lowest BCUT2D eigenvalue weighted by Gasteiger charge is -1.92. The Morgan fingerprint density at radius 1 is 0.786 bits per heavy atom. The van der Waals surface area contributed by atoms with Crippen LogP contribution in [0.2, 0.25) is 0 Å². The van der Waals surface area contributed by atoms with Crippen molar-refractivity contribution < 1.29 is 0 Å². The lowest BCUT2D eigenvalue weighted by atomic mass is 10.1. The van der Waals surface area contributed by atoms with E-state index in [-0.39, 0.29) is 10.8 Å². The minimum atomic E-state index is -0.551. The topological polar surface area (TPSA) is 81.8 Å². The van der Waals surface area contributed by atoms with E-state index in [2.05, 4.69) is 0 Å². The third-order valence-corrected chi connectivity index (χ3v) is 2.12. The summed E-state index contributed by atoms with van der Waals surface area (Å²) in [7, 11) is 0. The van der Waals surface area contributed by atoms with Crippen LogP contribution in [0.3, 0.4) is 0 Å². The first kappa shape index (κ1) is 8.50. The van der Waals surface area contributed by atoms with E-state index in [9.17, 15) is 9.59 Å². The monoisotopic (exact) mass is 186 g/mol. The zero-order chi connectivity index (χ0) is 10.3. The summed E-state index contributed by atoms with van der Waals surface area (Å²) in [5.74, 6) is 0. The van der Waals surface area contributed by atoms with Gasteiger partial charge in [-0.25, -0.2) is 0 Å². The summed E-state index contributed by atoms with van der Waals surface area (Å²) >= 11 is 0. The molecule has 0 saturated carbocycles. The summed E-state index contributed by atoms with van der Waals surface area (Å²) in [6.07, 6.45) is 0. The lowest BCUT2D eigenvalue weighted by Crippen LogP contribution is -2.46. The molecule has 0 heterocycles. The molecule has 4 heteroatoms. The van der Waals surface area contributed by atoms with Gasteiger partial charge in [0.2, 0.25) is 10.9 Å². The summed E-state index contributed by atoms with van der Waals surface area (Å²) in [5, 5.41) is 13.9. The molecular formula is C10H6N2O2. The van der Waals surface area contributed by atoms with Gasteiger partial charge in [-0.05, 0) is 0 Å². The Balaban J connectivity index is 3.38. The van der Waals surface area contributed by atoms with Crippen molar-refractivity contribution in [3.05, 3.63) is 55.4 Å². The van der Waals surface area contributed by atoms with Crippen molar-refractivity contribution in [2.45, 2.75) is 0 Å². The van der Waals surface area contributed by atoms with Crippen LogP contribution in [0.4, 0.5) is 0 Å². The number of rotatable bonds is 0. The van der Waals surface area contributed by atoms with Crippen LogP contribution in [-0.2, 0) is 0 Å². The minimum absolute atomic E-state index is 0.221. The molecule has 0 unspecified atom stereocenters. The molecule has 0 aliphatic rings. The molecule has 0 aromatic heterocycles. The molecule has 0 amide bonds. The molecule has 0 atom stereocenters. The van der Waals surface area contributed by atoms with E-state index in [1.165, 1.54) is 12.1 Å². The highest BCUT2D eigenvalue weighted by Gasteiger charge is 2.05. The normalized spacial score (nSPS) is 10.6. The molecule has 2 aromatic rings. The second kappa shape index (κ2) is 2.70. The van der Waals surface area contributed by atoms with Gasteiger partial charge in [-0.2, -0.15) is 0 Å². The average Bonchev–Trinajstić information content (AvgIpc) is 2.23. The van der Waals surface area contributed by atoms with Gasteiger partial charge in [-0.3, -0.25) is 20.4 Å². The van der Waals surface area contributed by atoms with E-state index < -0.39 is 21.6 Å². The molecule has 0 fully saturated rings. The Morgan fingerprint density at radius 3 is 1.50 bits per heavy atom. The number of nitrogens with one attached hydrogen (secondary N) is 2. The van der Waals surface area contributed by atoms with Gasteiger partial charge < -0.3 is 0 Å². The molecule has 14 heavy (non-hydrogen) atoms. The zero-order valence-corrected chi connectivity index (χ0v) is 7.13. The van der Waals surface area contributed by atoms with E-state index in [1.54, 1.807) is 12.1 Å². The summed E-state index contributed by atoms with van der Waals surface area (Å²) in [5.41, 5.74) is -1.10. The summed E-state index contributed by atoms with van der Waals surface area (Å²) < 4.78 is 0. The zero-order valence-electron chi connectivity index (χ0n) is 7.13. The van der Waals surface area contributed by atoms with Gasteiger partial charge >= 0.3 is 0 Å². The number of fused-ring (bicyclic) bond motifs is 1. The maximum atomic E-state index is 11.5. The van der Waals surface area contributed by atoms with Crippen LogP contribution in [0.5, 0.6) is 0 Å². The molecule has 0 aliphatic heterocycles. The highest BCUT2D eigenvalue weighted by Crippen LogP contribution is 2.00. The van der Waals surface area contributed by atoms with Crippen LogP contribution in [0, 0.1) is 10.8 Å². The third-order valence-electron chi connectivity index (χ3n) is 2.12. The van der Waals surface area contributed by atoms with Crippen molar-refractivity contribution in [3.63, 3.8) is 0 Å². The van der Waals surface area contributed by atoms with Crippen molar-refractivity contribution >= 4 is 10.8 Å². The van der Waals surface area contributed by atoms with Gasteiger partial charge in [0, 0.05) is 10.8 Å². The van der Waals surface area contributed by atoms with E-state index in [1.807, 2.05) is 0 Å². The molecule has 0 bridgehead atoms. The third kappa shape index (κ3) is 0.939. The fourth-order valence-electron chi connectivity index (χ4n) is 1.38. The second-order valence-electron chi connectivity index (χ2n) is 2.95. The second-order valence-corrected chi connectivity index (χ2v) is 2.95. The number of benzene rings is 2. The van der Waals surface area contributed by atoms with Crippen molar-refractivity contribution in [2.24, 2.45) is 0 Å². The van der Waals surface area contributed by atoms with Crippen LogP contribution >= 0.6 is 0 Å². The lowest BCUT2D eigenvalue weighted by molar-refractivity contribution is 1.10. The molecule has 0 aliphatic carbocycles. The Labute approximate surface area is 77.8 Å². The number of hydrogen-bond donors (Lipinski definition) is 2. The first-order valence-corrected chi connectivity index (χ1v) is 3.99. The summed E-state index contributed by atoms with van der Waals surface area (Å²) in [6.45, 7) is 0. The largest absolute Gasteiger partial charge is 0.295 e. The predicted molar refractivity (Wildman–Crippen MR) is 50.6 cm³/mol. The fourth-order valence-corrected chi connectivity index (χ4v) is 1.38. The van der Waals surface area contributed by atoms with Gasteiger partial charge in [0.25, 0.3) is 0 Å². The van der Waals surface area contributed by atoms with Crippen molar-refractivity contribution in [2.75, 3.05) is 0 Å². The predicted octanol–water partition coefficient (Wildman–Crippen LogP) is -0.605. The minimum Gasteiger partial charge on any atom is -0.295 e. The highest BCUT2D eigenvalue weighted by atomic mass is 16.1. The number of hydrogen-bond acceptors (Lipinski definition) is 4. The standard InChI is InChI=1S/C10H6N2O2/c11-7-8(12)10(14)6-4-2-1-3-5(6)9(7)13/h1-4,11-12H. The van der Waals surface area contributed by atoms with Gasteiger partial charge in [0.1, 0.15) is 10.7 Å². The molecule has 0 spiro atoms. The van der Waals surface area contributed by atoms with Crippen LogP contribution in [-0.4, -0.2) is 0 Å². The molecule has 68 valence electrons. The van der Waals surface area contributed by atoms with Crippen LogP contribution in [0.15, 0.2) is 33.9 Å². The van der Waals surface area contributed by atoms with Crippen molar-refractivity contribution in [1.29, 1.82) is 10.8 Å². The average molecular weight is 186 g/mol. The van der Waals surface area contributed by atoms with Crippen LogP contribution < -0.4 is 21.6 Å². The van der Waals surface area contributed by atoms with E-state index in [4.69, 9.17) is 10.8 Å². The molecule has 2 N–H and O–H groups in total. The van der Waals surface area contributed by atoms with E-state index in [0.29, 0.717) is 0 Å². The van der Waals surface area contributed by atoms with Gasteiger partial charge in [0.15, 0.2) is 0 Å². The Morgan fingerprint density at radius 2 is 1.14 bits per heavy atom. The molecule has 2 rings (SSSR count). The summed E-state index contributed by atoms with van der Waals surface area (Å²) in [4.78, 5) is 22.9. The highest BCUT2D eigenvalue weighted by molar-refractivity contribution is 5.81. The molecular weight excluding hydrogens is 180 g/mol. The molecule has 4 nitrogen and oxygen atoms in total. The first-order chi connectivity index (χ1) is 6.63. The Kier molecular flexibility index (Phi) is 1.64. The first-order valence-electron chi connectivity index (χ1n) is 3.99. The molecule has 0 saturated heterocycles. The Bertz CT molecular complexity index is 647. The fraction of sp³-hybridized carbons (Fsp3) is 0. The van der Waals surface area contributed by atoms with E-state index >= 15 is 0 Å².